The Morgan fingerprint density at radius 1 is 1.32 bits per heavy atom. The summed E-state index contributed by atoms with van der Waals surface area (Å²) >= 11 is 0. The van der Waals surface area contributed by atoms with E-state index in [2.05, 4.69) is 0 Å². The Bertz CT molecular complexity index is 774. The number of anilines is 1. The molecule has 1 saturated heterocycles. The monoisotopic (exact) mass is 396 g/mol. The van der Waals surface area contributed by atoms with Crippen molar-refractivity contribution in [3.05, 3.63) is 29.6 Å². The van der Waals surface area contributed by atoms with Gasteiger partial charge in [-0.15, -0.1) is 0 Å². The minimum absolute atomic E-state index is 0.0176. The van der Waals surface area contributed by atoms with Crippen LogP contribution in [0.25, 0.3) is 0 Å². The predicted molar refractivity (Wildman–Crippen MR) is 98.4 cm³/mol. The first-order valence-electron chi connectivity index (χ1n) is 8.77. The largest absolute Gasteiger partial charge is 0.458 e. The lowest BCUT2D eigenvalue weighted by molar-refractivity contribution is -0.177. The van der Waals surface area contributed by atoms with Crippen molar-refractivity contribution in [2.45, 2.75) is 38.6 Å². The van der Waals surface area contributed by atoms with E-state index in [1.54, 1.807) is 20.8 Å². The number of nitrogens with zero attached hydrogens (tertiary/aromatic N) is 2. The average molecular weight is 396 g/mol. The minimum Gasteiger partial charge on any atom is -0.458 e. The summed E-state index contributed by atoms with van der Waals surface area (Å²) in [5.41, 5.74) is -0.636. The summed E-state index contributed by atoms with van der Waals surface area (Å²) in [5.74, 6) is -2.83. The Hall–Kier alpha value is -2.52. The number of amides is 2. The lowest BCUT2D eigenvalue weighted by atomic mass is 10.1. The molecule has 1 heterocycles. The number of morpholine rings is 1. The van der Waals surface area contributed by atoms with Gasteiger partial charge in [-0.25, -0.2) is 9.18 Å². The zero-order valence-corrected chi connectivity index (χ0v) is 16.6. The van der Waals surface area contributed by atoms with Crippen LogP contribution >= 0.6 is 0 Å². The van der Waals surface area contributed by atoms with Gasteiger partial charge in [0.1, 0.15) is 11.4 Å². The molecule has 1 fully saturated rings. The van der Waals surface area contributed by atoms with E-state index in [1.807, 2.05) is 0 Å². The summed E-state index contributed by atoms with van der Waals surface area (Å²) in [5, 5.41) is 10.2. The molecule has 1 aromatic carbocycles. The molecule has 1 aromatic rings. The topological polar surface area (TPSA) is 96.4 Å². The van der Waals surface area contributed by atoms with Gasteiger partial charge in [-0.1, -0.05) is 0 Å². The summed E-state index contributed by atoms with van der Waals surface area (Å²) in [7, 11) is 3.06. The van der Waals surface area contributed by atoms with E-state index >= 15 is 0 Å². The summed E-state index contributed by atoms with van der Waals surface area (Å²) in [6.07, 6.45) is -3.31. The highest BCUT2D eigenvalue weighted by Gasteiger charge is 2.41. The van der Waals surface area contributed by atoms with E-state index in [0.717, 1.165) is 12.1 Å². The maximum Gasteiger partial charge on any atom is 0.338 e. The van der Waals surface area contributed by atoms with E-state index in [1.165, 1.54) is 30.0 Å². The number of carbonyl (C=O) groups is 3. The smallest absolute Gasteiger partial charge is 0.338 e. The van der Waals surface area contributed by atoms with Crippen molar-refractivity contribution in [3.63, 3.8) is 0 Å². The van der Waals surface area contributed by atoms with E-state index in [9.17, 15) is 23.9 Å². The van der Waals surface area contributed by atoms with Crippen molar-refractivity contribution < 1.29 is 33.4 Å². The first-order valence-corrected chi connectivity index (χ1v) is 8.77. The molecule has 0 bridgehead atoms. The highest BCUT2D eigenvalue weighted by atomic mass is 19.1. The number of carbonyl (C=O) groups excluding carboxylic acids is 3. The first kappa shape index (κ1) is 21.8. The van der Waals surface area contributed by atoms with Gasteiger partial charge in [0.05, 0.1) is 6.61 Å². The van der Waals surface area contributed by atoms with Crippen LogP contribution in [0.15, 0.2) is 18.2 Å². The van der Waals surface area contributed by atoms with Crippen LogP contribution in [0.5, 0.6) is 0 Å². The molecule has 1 aliphatic heterocycles. The standard InChI is InChI=1S/C19H25FN2O6/c1-19(2,3)28-18(26)14(23)15-17(25)22(6-7-27-15)13-9-11(8-12(20)10-13)16(24)21(4)5/h8-10,14-15,23H,6-7H2,1-5H3/t14-,15-/m1/s1. The molecular formula is C19H25FN2O6. The highest BCUT2D eigenvalue weighted by Crippen LogP contribution is 2.24. The second kappa shape index (κ2) is 8.24. The van der Waals surface area contributed by atoms with Crippen molar-refractivity contribution in [2.75, 3.05) is 32.1 Å². The number of esters is 1. The lowest BCUT2D eigenvalue weighted by Gasteiger charge is -2.34. The van der Waals surface area contributed by atoms with Crippen molar-refractivity contribution in [1.82, 2.24) is 4.90 Å². The van der Waals surface area contributed by atoms with Gasteiger partial charge in [0.2, 0.25) is 0 Å². The third kappa shape index (κ3) is 5.05. The van der Waals surface area contributed by atoms with Crippen LogP contribution in [0, 0.1) is 5.82 Å². The van der Waals surface area contributed by atoms with Crippen LogP contribution < -0.4 is 4.90 Å². The highest BCUT2D eigenvalue weighted by molar-refractivity contribution is 6.02. The summed E-state index contributed by atoms with van der Waals surface area (Å²) in [6.45, 7) is 4.98. The Labute approximate surface area is 162 Å². The molecule has 0 aromatic heterocycles. The quantitative estimate of drug-likeness (QED) is 0.762. The third-order valence-electron chi connectivity index (χ3n) is 3.90. The molecule has 154 valence electrons. The molecule has 1 aliphatic rings. The molecule has 1 N–H and O–H groups in total. The Morgan fingerprint density at radius 3 is 2.54 bits per heavy atom. The number of hydrogen-bond acceptors (Lipinski definition) is 6. The van der Waals surface area contributed by atoms with Crippen molar-refractivity contribution in [3.8, 4) is 0 Å². The lowest BCUT2D eigenvalue weighted by Crippen LogP contribution is -2.55. The van der Waals surface area contributed by atoms with Crippen molar-refractivity contribution >= 4 is 23.5 Å². The SMILES string of the molecule is CN(C)C(=O)c1cc(F)cc(N2CCO[C@H]([C@@H](O)C(=O)OC(C)(C)C)C2=O)c1. The molecule has 0 radical (unpaired) electrons. The van der Waals surface area contributed by atoms with Gasteiger partial charge < -0.3 is 24.4 Å². The van der Waals surface area contributed by atoms with Gasteiger partial charge in [-0.3, -0.25) is 9.59 Å². The van der Waals surface area contributed by atoms with Gasteiger partial charge in [-0.2, -0.15) is 0 Å². The number of rotatable bonds is 4. The number of benzene rings is 1. The molecule has 28 heavy (non-hydrogen) atoms. The molecule has 2 atom stereocenters. The normalized spacial score (nSPS) is 18.6. The number of hydrogen-bond donors (Lipinski definition) is 1. The fourth-order valence-corrected chi connectivity index (χ4v) is 2.69. The van der Waals surface area contributed by atoms with Gasteiger partial charge in [0.25, 0.3) is 11.8 Å². The van der Waals surface area contributed by atoms with Crippen LogP contribution in [0.4, 0.5) is 10.1 Å². The summed E-state index contributed by atoms with van der Waals surface area (Å²) in [6, 6.07) is 3.56. The predicted octanol–water partition coefficient (Wildman–Crippen LogP) is 0.962. The van der Waals surface area contributed by atoms with Crippen LogP contribution in [-0.4, -0.2) is 72.8 Å². The van der Waals surface area contributed by atoms with Gasteiger partial charge in [0.15, 0.2) is 12.2 Å². The first-order chi connectivity index (χ1) is 12.9. The zero-order valence-electron chi connectivity index (χ0n) is 16.6. The van der Waals surface area contributed by atoms with E-state index in [-0.39, 0.29) is 24.4 Å². The number of halogens is 1. The molecule has 9 heteroatoms. The summed E-state index contributed by atoms with van der Waals surface area (Å²) < 4.78 is 24.4. The van der Waals surface area contributed by atoms with E-state index in [0.29, 0.717) is 0 Å². The minimum atomic E-state index is -1.83. The van der Waals surface area contributed by atoms with Crippen LogP contribution in [-0.2, 0) is 19.1 Å². The molecule has 0 spiro atoms. The Morgan fingerprint density at radius 2 is 1.96 bits per heavy atom. The van der Waals surface area contributed by atoms with Gasteiger partial charge in [-0.05, 0) is 39.0 Å². The average Bonchev–Trinajstić information content (AvgIpc) is 2.58. The third-order valence-corrected chi connectivity index (χ3v) is 3.90. The number of aliphatic hydroxyl groups excluding tert-OH is 1. The molecule has 0 aliphatic carbocycles. The maximum absolute atomic E-state index is 14.0. The fourth-order valence-electron chi connectivity index (χ4n) is 2.69. The molecular weight excluding hydrogens is 371 g/mol. The van der Waals surface area contributed by atoms with Crippen molar-refractivity contribution in [2.24, 2.45) is 0 Å². The van der Waals surface area contributed by atoms with Crippen molar-refractivity contribution in [1.29, 1.82) is 0 Å². The Balaban J connectivity index is 2.27. The van der Waals surface area contributed by atoms with E-state index < -0.39 is 41.4 Å². The van der Waals surface area contributed by atoms with E-state index in [4.69, 9.17) is 9.47 Å². The zero-order chi connectivity index (χ0) is 21.2. The molecule has 0 saturated carbocycles. The summed E-state index contributed by atoms with van der Waals surface area (Å²) in [4.78, 5) is 39.5. The van der Waals surface area contributed by atoms with Crippen LogP contribution in [0.3, 0.4) is 0 Å². The van der Waals surface area contributed by atoms with Gasteiger partial charge in [0, 0.05) is 31.9 Å². The second-order valence-electron chi connectivity index (χ2n) is 7.66. The second-order valence-corrected chi connectivity index (χ2v) is 7.66. The fraction of sp³-hybridized carbons (Fsp3) is 0.526. The number of ether oxygens (including phenoxy) is 2. The molecule has 2 rings (SSSR count). The Kier molecular flexibility index (Phi) is 6.41. The molecule has 0 unspecified atom stereocenters. The van der Waals surface area contributed by atoms with Crippen LogP contribution in [0.2, 0.25) is 0 Å². The molecule has 2 amide bonds. The number of aliphatic hydroxyl groups is 1. The maximum atomic E-state index is 14.0. The molecule has 8 nitrogen and oxygen atoms in total. The van der Waals surface area contributed by atoms with Gasteiger partial charge >= 0.3 is 5.97 Å². The van der Waals surface area contributed by atoms with Crippen LogP contribution in [0.1, 0.15) is 31.1 Å².